The number of amides is 2. The van der Waals surface area contributed by atoms with Crippen LogP contribution < -0.4 is 5.32 Å². The van der Waals surface area contributed by atoms with Gasteiger partial charge in [0.15, 0.2) is 0 Å². The largest absolute Gasteiger partial charge is 0.481 e. The molecular weight excluding hydrogens is 256 g/mol. The third-order valence-corrected chi connectivity index (χ3v) is 3.30. The van der Waals surface area contributed by atoms with Crippen LogP contribution in [-0.2, 0) is 4.79 Å². The highest BCUT2D eigenvalue weighted by molar-refractivity contribution is 5.74. The zero-order chi connectivity index (χ0) is 15.5. The van der Waals surface area contributed by atoms with Crippen molar-refractivity contribution in [2.75, 3.05) is 13.1 Å². The molecule has 0 saturated carbocycles. The third-order valence-electron chi connectivity index (χ3n) is 3.30. The Morgan fingerprint density at radius 1 is 1.15 bits per heavy atom. The van der Waals surface area contributed by atoms with Crippen molar-refractivity contribution in [3.8, 4) is 0 Å². The summed E-state index contributed by atoms with van der Waals surface area (Å²) in [5, 5.41) is 11.5. The second kappa shape index (κ2) is 10.5. The van der Waals surface area contributed by atoms with Crippen LogP contribution in [0, 0.1) is 5.92 Å². The maximum atomic E-state index is 12.2. The lowest BCUT2D eigenvalue weighted by Crippen LogP contribution is -2.47. The number of aliphatic carboxylic acids is 1. The first-order chi connectivity index (χ1) is 9.42. The lowest BCUT2D eigenvalue weighted by atomic mass is 10.1. The molecule has 0 aromatic carbocycles. The van der Waals surface area contributed by atoms with Crippen LogP contribution in [0.1, 0.15) is 59.8 Å². The van der Waals surface area contributed by atoms with Gasteiger partial charge in [0.1, 0.15) is 0 Å². The summed E-state index contributed by atoms with van der Waals surface area (Å²) in [4.78, 5) is 24.5. The highest BCUT2D eigenvalue weighted by Gasteiger charge is 2.21. The van der Waals surface area contributed by atoms with Gasteiger partial charge in [-0.2, -0.15) is 0 Å². The first-order valence-corrected chi connectivity index (χ1v) is 7.68. The van der Waals surface area contributed by atoms with Crippen molar-refractivity contribution in [2.45, 2.75) is 65.8 Å². The summed E-state index contributed by atoms with van der Waals surface area (Å²) >= 11 is 0. The van der Waals surface area contributed by atoms with E-state index in [1.54, 1.807) is 0 Å². The molecule has 2 amide bonds. The molecule has 0 rings (SSSR count). The summed E-state index contributed by atoms with van der Waals surface area (Å²) in [7, 11) is 0. The maximum Gasteiger partial charge on any atom is 0.317 e. The molecule has 5 heteroatoms. The van der Waals surface area contributed by atoms with Gasteiger partial charge in [-0.3, -0.25) is 4.79 Å². The van der Waals surface area contributed by atoms with E-state index in [0.717, 1.165) is 19.4 Å². The maximum absolute atomic E-state index is 12.2. The number of nitrogens with one attached hydrogen (secondary N) is 1. The van der Waals surface area contributed by atoms with Crippen molar-refractivity contribution in [3.05, 3.63) is 0 Å². The topological polar surface area (TPSA) is 69.6 Å². The molecule has 0 aliphatic rings. The fraction of sp³-hybridized carbons (Fsp3) is 0.867. The number of hydrogen-bond acceptors (Lipinski definition) is 2. The fourth-order valence-corrected chi connectivity index (χ4v) is 2.22. The number of hydrogen-bond donors (Lipinski definition) is 2. The fourth-order valence-electron chi connectivity index (χ4n) is 2.22. The van der Waals surface area contributed by atoms with E-state index < -0.39 is 5.97 Å². The van der Waals surface area contributed by atoms with Crippen LogP contribution in [0.2, 0.25) is 0 Å². The standard InChI is InChI=1S/C15H30N2O3/c1-5-13(6-2)17(11-12(3)4)15(20)16-10-8-7-9-14(18)19/h12-13H,5-11H2,1-4H3,(H,16,20)(H,18,19). The van der Waals surface area contributed by atoms with Gasteiger partial charge in [0.25, 0.3) is 0 Å². The van der Waals surface area contributed by atoms with Gasteiger partial charge in [0.05, 0.1) is 0 Å². The Kier molecular flexibility index (Phi) is 9.86. The lowest BCUT2D eigenvalue weighted by molar-refractivity contribution is -0.137. The molecule has 0 heterocycles. The van der Waals surface area contributed by atoms with E-state index in [4.69, 9.17) is 5.11 Å². The predicted octanol–water partition coefficient (Wildman–Crippen LogP) is 3.10. The summed E-state index contributed by atoms with van der Waals surface area (Å²) in [5.41, 5.74) is 0. The number of urea groups is 1. The summed E-state index contributed by atoms with van der Waals surface area (Å²) in [6.45, 7) is 9.71. The molecule has 0 aromatic rings. The molecular formula is C15H30N2O3. The normalized spacial score (nSPS) is 10.9. The number of carbonyl (C=O) groups is 2. The van der Waals surface area contributed by atoms with Crippen LogP contribution in [0.25, 0.3) is 0 Å². The van der Waals surface area contributed by atoms with Crippen LogP contribution in [0.5, 0.6) is 0 Å². The molecule has 0 aromatic heterocycles. The van der Waals surface area contributed by atoms with Crippen LogP contribution in [-0.4, -0.2) is 41.1 Å². The van der Waals surface area contributed by atoms with Gasteiger partial charge < -0.3 is 15.3 Å². The van der Waals surface area contributed by atoms with Gasteiger partial charge >= 0.3 is 12.0 Å². The predicted molar refractivity (Wildman–Crippen MR) is 80.8 cm³/mol. The van der Waals surface area contributed by atoms with Crippen molar-refractivity contribution in [1.29, 1.82) is 0 Å². The summed E-state index contributed by atoms with van der Waals surface area (Å²) < 4.78 is 0. The van der Waals surface area contributed by atoms with Gasteiger partial charge in [0, 0.05) is 25.6 Å². The highest BCUT2D eigenvalue weighted by Crippen LogP contribution is 2.11. The average Bonchev–Trinajstić information content (AvgIpc) is 2.37. The van der Waals surface area contributed by atoms with Crippen molar-refractivity contribution < 1.29 is 14.7 Å². The first-order valence-electron chi connectivity index (χ1n) is 7.68. The molecule has 20 heavy (non-hydrogen) atoms. The summed E-state index contributed by atoms with van der Waals surface area (Å²) in [6, 6.07) is 0.249. The van der Waals surface area contributed by atoms with Crippen LogP contribution >= 0.6 is 0 Å². The first kappa shape index (κ1) is 18.7. The van der Waals surface area contributed by atoms with Crippen molar-refractivity contribution in [2.24, 2.45) is 5.92 Å². The Morgan fingerprint density at radius 2 is 1.75 bits per heavy atom. The summed E-state index contributed by atoms with van der Waals surface area (Å²) in [6.07, 6.45) is 3.38. The van der Waals surface area contributed by atoms with Crippen LogP contribution in [0.4, 0.5) is 4.79 Å². The minimum atomic E-state index is -0.783. The second-order valence-corrected chi connectivity index (χ2v) is 5.60. The van der Waals surface area contributed by atoms with Crippen molar-refractivity contribution in [1.82, 2.24) is 10.2 Å². The van der Waals surface area contributed by atoms with E-state index >= 15 is 0 Å². The molecule has 0 radical (unpaired) electrons. The third kappa shape index (κ3) is 8.02. The molecule has 0 saturated heterocycles. The quantitative estimate of drug-likeness (QED) is 0.606. The average molecular weight is 286 g/mol. The van der Waals surface area contributed by atoms with Crippen molar-refractivity contribution >= 4 is 12.0 Å². The smallest absolute Gasteiger partial charge is 0.317 e. The number of carboxylic acid groups (broad SMARTS) is 1. The molecule has 0 spiro atoms. The van der Waals surface area contributed by atoms with Crippen molar-refractivity contribution in [3.63, 3.8) is 0 Å². The lowest BCUT2D eigenvalue weighted by Gasteiger charge is -2.32. The molecule has 0 bridgehead atoms. The van der Waals surface area contributed by atoms with E-state index in [-0.39, 0.29) is 18.5 Å². The Hall–Kier alpha value is -1.26. The zero-order valence-electron chi connectivity index (χ0n) is 13.3. The van der Waals surface area contributed by atoms with Gasteiger partial charge in [-0.25, -0.2) is 4.79 Å². The minimum absolute atomic E-state index is 0.0253. The Balaban J connectivity index is 4.23. The van der Waals surface area contributed by atoms with Gasteiger partial charge in [-0.15, -0.1) is 0 Å². The molecule has 0 atom stereocenters. The van der Waals surface area contributed by atoms with E-state index in [2.05, 4.69) is 33.0 Å². The summed E-state index contributed by atoms with van der Waals surface area (Å²) in [5.74, 6) is -0.344. The Labute approximate surface area is 122 Å². The van der Waals surface area contributed by atoms with Crippen LogP contribution in [0.3, 0.4) is 0 Å². The van der Waals surface area contributed by atoms with Crippen LogP contribution in [0.15, 0.2) is 0 Å². The number of nitrogens with zero attached hydrogens (tertiary/aromatic N) is 1. The minimum Gasteiger partial charge on any atom is -0.481 e. The number of unbranched alkanes of at least 4 members (excludes halogenated alkanes) is 1. The van der Waals surface area contributed by atoms with E-state index in [1.165, 1.54) is 0 Å². The van der Waals surface area contributed by atoms with E-state index in [9.17, 15) is 9.59 Å². The SMILES string of the molecule is CCC(CC)N(CC(C)C)C(=O)NCCCCC(=O)O. The molecule has 0 aliphatic carbocycles. The number of rotatable bonds is 10. The molecule has 0 aliphatic heterocycles. The van der Waals surface area contributed by atoms with Gasteiger partial charge in [-0.1, -0.05) is 27.7 Å². The van der Waals surface area contributed by atoms with Gasteiger partial charge in [0.2, 0.25) is 0 Å². The molecule has 0 unspecified atom stereocenters. The number of carboxylic acids is 1. The molecule has 118 valence electrons. The molecule has 5 nitrogen and oxygen atoms in total. The van der Waals surface area contributed by atoms with Gasteiger partial charge in [-0.05, 0) is 31.6 Å². The molecule has 0 fully saturated rings. The van der Waals surface area contributed by atoms with E-state index in [1.807, 2.05) is 4.90 Å². The zero-order valence-corrected chi connectivity index (χ0v) is 13.3. The monoisotopic (exact) mass is 286 g/mol. The second-order valence-electron chi connectivity index (χ2n) is 5.60. The van der Waals surface area contributed by atoms with E-state index in [0.29, 0.717) is 25.3 Å². The Bertz CT molecular complexity index is 289. The molecule has 2 N–H and O–H groups in total. The number of carbonyl (C=O) groups excluding carboxylic acids is 1. The highest BCUT2D eigenvalue weighted by atomic mass is 16.4. The Morgan fingerprint density at radius 3 is 2.20 bits per heavy atom.